The molecule has 1 unspecified atom stereocenters. The maximum absolute atomic E-state index is 2.54. The minimum atomic E-state index is -0.425. The lowest BCUT2D eigenvalue weighted by Gasteiger charge is -2.38. The summed E-state index contributed by atoms with van der Waals surface area (Å²) < 4.78 is 0. The Kier molecular flexibility index (Phi) is 8.31. The number of anilines is 3. The van der Waals surface area contributed by atoms with Crippen molar-refractivity contribution in [3.8, 4) is 22.3 Å². The van der Waals surface area contributed by atoms with Gasteiger partial charge in [0.15, 0.2) is 0 Å². The van der Waals surface area contributed by atoms with Crippen LogP contribution in [0.3, 0.4) is 0 Å². The fraction of sp³-hybridized carbons (Fsp3) is 0.214. The van der Waals surface area contributed by atoms with Gasteiger partial charge >= 0.3 is 0 Å². The van der Waals surface area contributed by atoms with Gasteiger partial charge < -0.3 is 4.90 Å². The summed E-state index contributed by atoms with van der Waals surface area (Å²) in [6.07, 6.45) is 16.0. The molecular weight excluding hydrogens is 687 g/mol. The van der Waals surface area contributed by atoms with Crippen molar-refractivity contribution in [2.75, 3.05) is 4.90 Å². The third kappa shape index (κ3) is 5.58. The van der Waals surface area contributed by atoms with Crippen LogP contribution in [0.4, 0.5) is 17.1 Å². The van der Waals surface area contributed by atoms with Gasteiger partial charge in [0.05, 0.1) is 5.41 Å². The summed E-state index contributed by atoms with van der Waals surface area (Å²) in [7, 11) is 0. The van der Waals surface area contributed by atoms with Crippen LogP contribution in [0.15, 0.2) is 181 Å². The van der Waals surface area contributed by atoms with Crippen LogP contribution in [0.25, 0.3) is 27.8 Å². The highest BCUT2D eigenvalue weighted by molar-refractivity contribution is 5.92. The summed E-state index contributed by atoms with van der Waals surface area (Å²) in [6.45, 7) is 11.9. The molecular formula is C56H51N. The van der Waals surface area contributed by atoms with Gasteiger partial charge in [-0.3, -0.25) is 0 Å². The van der Waals surface area contributed by atoms with Gasteiger partial charge in [-0.1, -0.05) is 179 Å². The predicted octanol–water partition coefficient (Wildman–Crippen LogP) is 15.1. The Morgan fingerprint density at radius 2 is 1.14 bits per heavy atom. The summed E-state index contributed by atoms with van der Waals surface area (Å²) in [5.41, 5.74) is 20.9. The summed E-state index contributed by atoms with van der Waals surface area (Å²) in [6, 6.07) is 53.1. The van der Waals surface area contributed by atoms with Crippen LogP contribution in [0.5, 0.6) is 0 Å². The van der Waals surface area contributed by atoms with E-state index in [0.29, 0.717) is 0 Å². The smallest absolute Gasteiger partial charge is 0.0677 e. The molecule has 0 saturated carbocycles. The van der Waals surface area contributed by atoms with E-state index in [1.165, 1.54) is 78.2 Å². The molecule has 0 saturated heterocycles. The number of nitrogens with zero attached hydrogens (tertiary/aromatic N) is 1. The lowest BCUT2D eigenvalue weighted by atomic mass is 9.64. The van der Waals surface area contributed by atoms with Crippen LogP contribution in [0.2, 0.25) is 0 Å². The zero-order valence-corrected chi connectivity index (χ0v) is 33.9. The molecule has 1 nitrogen and oxygen atoms in total. The first-order valence-electron chi connectivity index (χ1n) is 20.9. The van der Waals surface area contributed by atoms with E-state index in [2.05, 4.69) is 209 Å². The second-order valence-corrected chi connectivity index (χ2v) is 18.0. The quantitative estimate of drug-likeness (QED) is 0.165. The molecule has 57 heavy (non-hydrogen) atoms. The van der Waals surface area contributed by atoms with Crippen LogP contribution in [-0.2, 0) is 16.2 Å². The molecule has 0 amide bonds. The second kappa shape index (κ2) is 13.3. The molecule has 0 bridgehead atoms. The van der Waals surface area contributed by atoms with Gasteiger partial charge in [-0.15, -0.1) is 0 Å². The lowest BCUT2D eigenvalue weighted by molar-refractivity contribution is 0.587. The average molecular weight is 738 g/mol. The monoisotopic (exact) mass is 737 g/mol. The standard InChI is InChI=1S/C56H51N/c1-54(2,3)42-27-32-48-49-34-31-45(37-53(49)56(52(48)35-42,40-19-11-7-12-20-40)41-21-13-8-14-22-41)57(43-28-25-39(26-29-43)38-17-9-6-10-18-38)44-30-33-47-46-23-15-16-24-50(46)55(4,5)51(47)36-44/h6-13,15,17-21,23,25-37H,14,16,22,24H2,1-5H3. The van der Waals surface area contributed by atoms with Crippen molar-refractivity contribution in [3.05, 3.63) is 214 Å². The molecule has 0 spiro atoms. The molecule has 280 valence electrons. The maximum Gasteiger partial charge on any atom is 0.0677 e. The number of benzene rings is 6. The van der Waals surface area contributed by atoms with Crippen molar-refractivity contribution >= 4 is 22.6 Å². The number of hydrogen-bond acceptors (Lipinski definition) is 1. The Morgan fingerprint density at radius 3 is 1.82 bits per heavy atom. The zero-order valence-electron chi connectivity index (χ0n) is 33.9. The topological polar surface area (TPSA) is 3.24 Å². The second-order valence-electron chi connectivity index (χ2n) is 18.0. The molecule has 1 heteroatoms. The molecule has 10 rings (SSSR count). The highest BCUT2D eigenvalue weighted by atomic mass is 15.1. The molecule has 0 N–H and O–H groups in total. The highest BCUT2D eigenvalue weighted by Gasteiger charge is 2.48. The summed E-state index contributed by atoms with van der Waals surface area (Å²) in [4.78, 5) is 2.51. The molecule has 0 radical (unpaired) electrons. The van der Waals surface area contributed by atoms with Crippen molar-refractivity contribution < 1.29 is 0 Å². The van der Waals surface area contributed by atoms with Crippen molar-refractivity contribution in [2.45, 2.75) is 76.5 Å². The largest absolute Gasteiger partial charge is 0.310 e. The van der Waals surface area contributed by atoms with E-state index in [-0.39, 0.29) is 10.8 Å². The highest BCUT2D eigenvalue weighted by Crippen LogP contribution is 2.59. The molecule has 0 fully saturated rings. The molecule has 6 aromatic rings. The van der Waals surface area contributed by atoms with E-state index >= 15 is 0 Å². The fourth-order valence-electron chi connectivity index (χ4n) is 10.4. The molecule has 6 aromatic carbocycles. The van der Waals surface area contributed by atoms with Crippen LogP contribution < -0.4 is 4.90 Å². The number of fused-ring (bicyclic) bond motifs is 5. The molecule has 4 aliphatic carbocycles. The third-order valence-corrected chi connectivity index (χ3v) is 13.3. The van der Waals surface area contributed by atoms with E-state index in [4.69, 9.17) is 0 Å². The Balaban J connectivity index is 1.21. The van der Waals surface area contributed by atoms with Gasteiger partial charge in [0, 0.05) is 22.5 Å². The van der Waals surface area contributed by atoms with Crippen LogP contribution in [0.1, 0.15) is 93.7 Å². The van der Waals surface area contributed by atoms with Gasteiger partial charge in [-0.05, 0) is 129 Å². The van der Waals surface area contributed by atoms with Crippen LogP contribution >= 0.6 is 0 Å². The van der Waals surface area contributed by atoms with Crippen LogP contribution in [0, 0.1) is 0 Å². The van der Waals surface area contributed by atoms with Crippen molar-refractivity contribution in [1.82, 2.24) is 0 Å². The first-order chi connectivity index (χ1) is 27.7. The maximum atomic E-state index is 2.54. The molecule has 1 atom stereocenters. The number of rotatable bonds is 6. The van der Waals surface area contributed by atoms with Gasteiger partial charge in [0.2, 0.25) is 0 Å². The normalized spacial score (nSPS) is 18.8. The summed E-state index contributed by atoms with van der Waals surface area (Å²) in [5, 5.41) is 0. The van der Waals surface area contributed by atoms with E-state index in [1.807, 2.05) is 0 Å². The first kappa shape index (κ1) is 35.5. The van der Waals surface area contributed by atoms with Gasteiger partial charge in [-0.2, -0.15) is 0 Å². The van der Waals surface area contributed by atoms with E-state index in [9.17, 15) is 0 Å². The third-order valence-electron chi connectivity index (χ3n) is 13.3. The summed E-state index contributed by atoms with van der Waals surface area (Å²) in [5.74, 6) is 0. The van der Waals surface area contributed by atoms with E-state index < -0.39 is 5.41 Å². The van der Waals surface area contributed by atoms with Gasteiger partial charge in [0.1, 0.15) is 0 Å². The minimum Gasteiger partial charge on any atom is -0.310 e. The van der Waals surface area contributed by atoms with Gasteiger partial charge in [-0.25, -0.2) is 0 Å². The van der Waals surface area contributed by atoms with Crippen molar-refractivity contribution in [2.24, 2.45) is 0 Å². The van der Waals surface area contributed by atoms with Crippen molar-refractivity contribution in [3.63, 3.8) is 0 Å². The Hall–Kier alpha value is -5.92. The Labute approximate surface area is 339 Å². The van der Waals surface area contributed by atoms with E-state index in [0.717, 1.165) is 31.4 Å². The van der Waals surface area contributed by atoms with Gasteiger partial charge in [0.25, 0.3) is 0 Å². The number of hydrogen-bond donors (Lipinski definition) is 0. The first-order valence-corrected chi connectivity index (χ1v) is 20.9. The minimum absolute atomic E-state index is 0.0200. The Bertz CT molecular complexity index is 2660. The summed E-state index contributed by atoms with van der Waals surface area (Å²) >= 11 is 0. The number of allylic oxidation sites excluding steroid dienone is 8. The molecule has 0 aromatic heterocycles. The predicted molar refractivity (Wildman–Crippen MR) is 242 cm³/mol. The zero-order chi connectivity index (χ0) is 38.9. The lowest BCUT2D eigenvalue weighted by Crippen LogP contribution is -2.31. The fourth-order valence-corrected chi connectivity index (χ4v) is 10.4. The average Bonchev–Trinajstić information content (AvgIpc) is 3.66. The molecule has 0 aliphatic heterocycles. The Morgan fingerprint density at radius 1 is 0.544 bits per heavy atom. The van der Waals surface area contributed by atoms with Crippen LogP contribution in [-0.4, -0.2) is 0 Å². The molecule has 4 aliphatic rings. The van der Waals surface area contributed by atoms with E-state index in [1.54, 1.807) is 5.57 Å². The SMILES string of the molecule is CC(C)(C)c1ccc2c(c1)C(C1=CC=CCC1)(c1ccccc1)c1cc(N(c3ccc(-c4ccccc4)cc3)c3ccc4c(c3)C(C)(C)C3=C4C=CCC3)ccc1-2. The molecule has 0 heterocycles. The van der Waals surface area contributed by atoms with Crippen molar-refractivity contribution in [1.29, 1.82) is 0 Å².